The van der Waals surface area contributed by atoms with E-state index in [0.717, 1.165) is 30.6 Å². The summed E-state index contributed by atoms with van der Waals surface area (Å²) >= 11 is 0. The zero-order chi connectivity index (χ0) is 22.1. The molecule has 1 aromatic carbocycles. The third-order valence-electron chi connectivity index (χ3n) is 7.93. The van der Waals surface area contributed by atoms with Crippen LogP contribution in [-0.4, -0.2) is 19.6 Å². The van der Waals surface area contributed by atoms with E-state index >= 15 is 0 Å². The SMILES string of the molecule is COC(C)CCCc1ccccc1C1CCC(C2CCC(C=CCC(F)F)CC2)CC1. The monoisotopic (exact) mass is 432 g/mol. The second-order valence-electron chi connectivity index (χ2n) is 9.98. The minimum atomic E-state index is -2.21. The van der Waals surface area contributed by atoms with E-state index in [1.54, 1.807) is 24.3 Å². The van der Waals surface area contributed by atoms with Gasteiger partial charge >= 0.3 is 0 Å². The van der Waals surface area contributed by atoms with E-state index in [2.05, 4.69) is 37.3 Å². The highest BCUT2D eigenvalue weighted by atomic mass is 19.3. The largest absolute Gasteiger partial charge is 0.382 e. The molecule has 0 bridgehead atoms. The standard InChI is InChI=1S/C28H42F2O/c1-21(31-2)7-5-10-25-9-3-4-11-27(25)26-19-17-24(18-20-26)23-15-13-22(14-16-23)8-6-12-28(29)30/h3-4,6,8-9,11,21-24,26,28H,5,7,10,12-20H2,1-2H3. The van der Waals surface area contributed by atoms with Gasteiger partial charge in [0.2, 0.25) is 6.43 Å². The van der Waals surface area contributed by atoms with Gasteiger partial charge in [-0.1, -0.05) is 36.4 Å². The summed E-state index contributed by atoms with van der Waals surface area (Å²) in [7, 11) is 1.80. The first-order valence-corrected chi connectivity index (χ1v) is 12.6. The number of hydrogen-bond acceptors (Lipinski definition) is 1. The Morgan fingerprint density at radius 2 is 1.61 bits per heavy atom. The van der Waals surface area contributed by atoms with Gasteiger partial charge in [0.25, 0.3) is 0 Å². The molecule has 0 spiro atoms. The van der Waals surface area contributed by atoms with Gasteiger partial charge in [-0.15, -0.1) is 0 Å². The van der Waals surface area contributed by atoms with Gasteiger partial charge in [0.1, 0.15) is 0 Å². The fourth-order valence-electron chi connectivity index (χ4n) is 5.94. The third kappa shape index (κ3) is 7.70. The maximum atomic E-state index is 12.3. The maximum Gasteiger partial charge on any atom is 0.242 e. The molecule has 2 saturated carbocycles. The molecule has 1 atom stereocenters. The number of rotatable bonds is 10. The maximum absolute atomic E-state index is 12.3. The van der Waals surface area contributed by atoms with Crippen LogP contribution < -0.4 is 0 Å². The smallest absolute Gasteiger partial charge is 0.242 e. The molecule has 1 unspecified atom stereocenters. The van der Waals surface area contributed by atoms with Crippen LogP contribution in [0.2, 0.25) is 0 Å². The van der Waals surface area contributed by atoms with Crippen LogP contribution in [0.25, 0.3) is 0 Å². The molecule has 31 heavy (non-hydrogen) atoms. The Hall–Kier alpha value is -1.22. The van der Waals surface area contributed by atoms with Crippen molar-refractivity contribution in [2.24, 2.45) is 17.8 Å². The van der Waals surface area contributed by atoms with Gasteiger partial charge in [-0.25, -0.2) is 8.78 Å². The summed E-state index contributed by atoms with van der Waals surface area (Å²) in [5.41, 5.74) is 3.14. The molecule has 0 saturated heterocycles. The Labute approximate surface area is 188 Å². The number of aryl methyl sites for hydroxylation is 1. The van der Waals surface area contributed by atoms with Crippen LogP contribution in [-0.2, 0) is 11.2 Å². The highest BCUT2D eigenvalue weighted by molar-refractivity contribution is 5.31. The van der Waals surface area contributed by atoms with E-state index in [1.807, 2.05) is 0 Å². The van der Waals surface area contributed by atoms with E-state index in [4.69, 9.17) is 4.74 Å². The van der Waals surface area contributed by atoms with Crippen LogP contribution in [0.3, 0.4) is 0 Å². The quantitative estimate of drug-likeness (QED) is 0.338. The molecular weight excluding hydrogens is 390 g/mol. The van der Waals surface area contributed by atoms with Gasteiger partial charge in [0.15, 0.2) is 0 Å². The molecule has 0 N–H and O–H groups in total. The first-order chi connectivity index (χ1) is 15.1. The average molecular weight is 433 g/mol. The van der Waals surface area contributed by atoms with Crippen LogP contribution in [0.4, 0.5) is 8.78 Å². The van der Waals surface area contributed by atoms with Crippen LogP contribution in [0.5, 0.6) is 0 Å². The van der Waals surface area contributed by atoms with Gasteiger partial charge < -0.3 is 4.74 Å². The molecule has 3 heteroatoms. The summed E-state index contributed by atoms with van der Waals surface area (Å²) < 4.78 is 30.1. The molecule has 2 aliphatic carbocycles. The lowest BCUT2D eigenvalue weighted by Crippen LogP contribution is -2.25. The van der Waals surface area contributed by atoms with Crippen LogP contribution in [0.15, 0.2) is 36.4 Å². The molecule has 3 rings (SSSR count). The first kappa shape index (κ1) is 24.4. The van der Waals surface area contributed by atoms with Crippen molar-refractivity contribution in [1.82, 2.24) is 0 Å². The van der Waals surface area contributed by atoms with Crippen molar-refractivity contribution < 1.29 is 13.5 Å². The molecule has 0 aliphatic heterocycles. The predicted molar refractivity (Wildman–Crippen MR) is 126 cm³/mol. The molecule has 0 radical (unpaired) electrons. The normalized spacial score (nSPS) is 28.3. The molecule has 1 aromatic rings. The second-order valence-corrected chi connectivity index (χ2v) is 9.98. The van der Waals surface area contributed by atoms with E-state index < -0.39 is 6.43 Å². The summed E-state index contributed by atoms with van der Waals surface area (Å²) in [4.78, 5) is 0. The number of halogens is 2. The van der Waals surface area contributed by atoms with Gasteiger partial charge in [0.05, 0.1) is 6.10 Å². The lowest BCUT2D eigenvalue weighted by atomic mass is 9.68. The van der Waals surface area contributed by atoms with Crippen molar-refractivity contribution in [3.8, 4) is 0 Å². The van der Waals surface area contributed by atoms with Crippen LogP contribution >= 0.6 is 0 Å². The number of allylic oxidation sites excluding steroid dienone is 2. The molecule has 0 heterocycles. The van der Waals surface area contributed by atoms with Gasteiger partial charge in [-0.2, -0.15) is 0 Å². The zero-order valence-corrected chi connectivity index (χ0v) is 19.6. The molecule has 1 nitrogen and oxygen atoms in total. The Bertz CT molecular complexity index is 655. The van der Waals surface area contributed by atoms with Crippen molar-refractivity contribution in [3.63, 3.8) is 0 Å². The average Bonchev–Trinajstić information content (AvgIpc) is 2.80. The fourth-order valence-corrected chi connectivity index (χ4v) is 5.94. The van der Waals surface area contributed by atoms with Crippen molar-refractivity contribution >= 4 is 0 Å². The summed E-state index contributed by atoms with van der Waals surface area (Å²) in [5.74, 6) is 2.98. The van der Waals surface area contributed by atoms with Gasteiger partial charge in [0, 0.05) is 13.5 Å². The minimum Gasteiger partial charge on any atom is -0.382 e. The Morgan fingerprint density at radius 1 is 0.968 bits per heavy atom. The molecule has 2 aliphatic rings. The number of hydrogen-bond donors (Lipinski definition) is 0. The number of benzene rings is 1. The molecule has 0 amide bonds. The number of ether oxygens (including phenoxy) is 1. The van der Waals surface area contributed by atoms with Crippen molar-refractivity contribution in [1.29, 1.82) is 0 Å². The second kappa shape index (κ2) is 12.7. The Balaban J connectivity index is 1.45. The number of methoxy groups -OCH3 is 1. The van der Waals surface area contributed by atoms with Crippen molar-refractivity contribution in [3.05, 3.63) is 47.5 Å². The Morgan fingerprint density at radius 3 is 2.26 bits per heavy atom. The van der Waals surface area contributed by atoms with Crippen LogP contribution in [0, 0.1) is 17.8 Å². The van der Waals surface area contributed by atoms with E-state index in [0.29, 0.717) is 12.0 Å². The molecule has 0 aromatic heterocycles. The highest BCUT2D eigenvalue weighted by Gasteiger charge is 2.31. The predicted octanol–water partition coefficient (Wildman–Crippen LogP) is 8.34. The van der Waals surface area contributed by atoms with Crippen LogP contribution in [0.1, 0.15) is 94.6 Å². The van der Waals surface area contributed by atoms with E-state index in [9.17, 15) is 8.78 Å². The highest BCUT2D eigenvalue weighted by Crippen LogP contribution is 2.44. The minimum absolute atomic E-state index is 0.0865. The van der Waals surface area contributed by atoms with Crippen molar-refractivity contribution in [2.45, 2.75) is 102 Å². The van der Waals surface area contributed by atoms with Crippen molar-refractivity contribution in [2.75, 3.05) is 7.11 Å². The zero-order valence-electron chi connectivity index (χ0n) is 19.6. The Kier molecular flexibility index (Phi) is 10.0. The van der Waals surface area contributed by atoms with E-state index in [1.165, 1.54) is 57.8 Å². The fraction of sp³-hybridized carbons (Fsp3) is 0.714. The number of alkyl halides is 2. The summed E-state index contributed by atoms with van der Waals surface area (Å²) in [6, 6.07) is 9.11. The molecular formula is C28H42F2O. The third-order valence-corrected chi connectivity index (χ3v) is 7.93. The molecule has 2 fully saturated rings. The summed E-state index contributed by atoms with van der Waals surface area (Å²) in [5, 5.41) is 0. The van der Waals surface area contributed by atoms with Gasteiger partial charge in [-0.3, -0.25) is 0 Å². The first-order valence-electron chi connectivity index (χ1n) is 12.6. The lowest BCUT2D eigenvalue weighted by molar-refractivity contribution is 0.109. The lowest BCUT2D eigenvalue weighted by Gasteiger charge is -2.38. The topological polar surface area (TPSA) is 9.23 Å². The van der Waals surface area contributed by atoms with E-state index in [-0.39, 0.29) is 6.42 Å². The summed E-state index contributed by atoms with van der Waals surface area (Å²) in [6.45, 7) is 2.15. The summed E-state index contributed by atoms with van der Waals surface area (Å²) in [6.07, 6.45) is 15.6. The molecule has 174 valence electrons. The van der Waals surface area contributed by atoms with Gasteiger partial charge in [-0.05, 0) is 112 Å².